The predicted molar refractivity (Wildman–Crippen MR) is 75.5 cm³/mol. The average molecular weight is 360 g/mol. The smallest absolute Gasteiger partial charge is 0.326 e. The van der Waals surface area contributed by atoms with Gasteiger partial charge in [0.25, 0.3) is 0 Å². The van der Waals surface area contributed by atoms with E-state index in [-0.39, 0.29) is 6.03 Å². The number of nitrogens with zero attached hydrogens (tertiary/aromatic N) is 1. The molecule has 1 aliphatic heterocycles. The highest BCUT2D eigenvalue weighted by atomic mass is 127. The van der Waals surface area contributed by atoms with Crippen molar-refractivity contribution in [2.75, 3.05) is 11.9 Å². The summed E-state index contributed by atoms with van der Waals surface area (Å²) >= 11 is 2.16. The molecule has 1 saturated heterocycles. The predicted octanol–water partition coefficient (Wildman–Crippen LogP) is 2.37. The fourth-order valence-electron chi connectivity index (χ4n) is 2.03. The first kappa shape index (κ1) is 13.1. The van der Waals surface area contributed by atoms with E-state index in [4.69, 9.17) is 5.11 Å². The maximum absolute atomic E-state index is 12.0. The number of amides is 2. The summed E-state index contributed by atoms with van der Waals surface area (Å²) in [4.78, 5) is 24.4. The molecular formula is C12H13IN2O3. The second-order valence-electron chi connectivity index (χ2n) is 4.13. The van der Waals surface area contributed by atoms with Crippen molar-refractivity contribution in [3.63, 3.8) is 0 Å². The van der Waals surface area contributed by atoms with Crippen LogP contribution in [0.1, 0.15) is 12.8 Å². The number of carbonyl (C=O) groups is 2. The molecule has 0 bridgehead atoms. The maximum Gasteiger partial charge on any atom is 0.326 e. The van der Waals surface area contributed by atoms with Crippen molar-refractivity contribution in [3.8, 4) is 0 Å². The van der Waals surface area contributed by atoms with Crippen molar-refractivity contribution >= 4 is 40.3 Å². The van der Waals surface area contributed by atoms with Crippen molar-refractivity contribution in [2.45, 2.75) is 18.9 Å². The number of aliphatic carboxylic acids is 1. The van der Waals surface area contributed by atoms with Crippen LogP contribution in [0.3, 0.4) is 0 Å². The lowest BCUT2D eigenvalue weighted by Crippen LogP contribution is -2.42. The number of rotatable bonds is 2. The van der Waals surface area contributed by atoms with Crippen LogP contribution in [0.15, 0.2) is 24.3 Å². The summed E-state index contributed by atoms with van der Waals surface area (Å²) in [6.45, 7) is 0.493. The van der Waals surface area contributed by atoms with Gasteiger partial charge >= 0.3 is 12.0 Å². The summed E-state index contributed by atoms with van der Waals surface area (Å²) in [5.74, 6) is -0.940. The normalized spacial score (nSPS) is 18.7. The van der Waals surface area contributed by atoms with Crippen molar-refractivity contribution in [1.82, 2.24) is 4.90 Å². The van der Waals surface area contributed by atoms with Gasteiger partial charge in [-0.05, 0) is 53.6 Å². The fraction of sp³-hybridized carbons (Fsp3) is 0.333. The second kappa shape index (κ2) is 5.55. The lowest BCUT2D eigenvalue weighted by atomic mass is 10.2. The third-order valence-corrected chi connectivity index (χ3v) is 3.55. The summed E-state index contributed by atoms with van der Waals surface area (Å²) in [5.41, 5.74) is 0.683. The van der Waals surface area contributed by atoms with E-state index in [1.54, 1.807) is 6.07 Å². The van der Waals surface area contributed by atoms with Gasteiger partial charge in [-0.3, -0.25) is 0 Å². The quantitative estimate of drug-likeness (QED) is 0.796. The third-order valence-electron chi connectivity index (χ3n) is 2.87. The number of nitrogens with one attached hydrogen (secondary N) is 1. The minimum atomic E-state index is -0.940. The molecule has 0 saturated carbocycles. The van der Waals surface area contributed by atoms with Crippen LogP contribution in [0.5, 0.6) is 0 Å². The molecule has 6 heteroatoms. The molecule has 1 heterocycles. The molecule has 0 radical (unpaired) electrons. The Morgan fingerprint density at radius 1 is 1.44 bits per heavy atom. The highest BCUT2D eigenvalue weighted by Crippen LogP contribution is 2.19. The van der Waals surface area contributed by atoms with Crippen LogP contribution in [-0.2, 0) is 4.79 Å². The Bertz CT molecular complexity index is 478. The van der Waals surface area contributed by atoms with Crippen LogP contribution in [0.2, 0.25) is 0 Å². The molecule has 0 unspecified atom stereocenters. The molecule has 1 aromatic carbocycles. The van der Waals surface area contributed by atoms with Gasteiger partial charge in [0, 0.05) is 15.8 Å². The molecule has 1 atom stereocenters. The highest BCUT2D eigenvalue weighted by Gasteiger charge is 2.33. The Kier molecular flexibility index (Phi) is 4.05. The van der Waals surface area contributed by atoms with Crippen LogP contribution in [0, 0.1) is 3.57 Å². The van der Waals surface area contributed by atoms with Gasteiger partial charge in [0.1, 0.15) is 6.04 Å². The number of halogens is 1. The summed E-state index contributed by atoms with van der Waals surface area (Å²) in [6.07, 6.45) is 1.26. The highest BCUT2D eigenvalue weighted by molar-refractivity contribution is 14.1. The van der Waals surface area contributed by atoms with Crippen molar-refractivity contribution in [2.24, 2.45) is 0 Å². The van der Waals surface area contributed by atoms with Gasteiger partial charge in [-0.15, -0.1) is 0 Å². The van der Waals surface area contributed by atoms with Gasteiger partial charge in [-0.1, -0.05) is 6.07 Å². The Balaban J connectivity index is 2.06. The zero-order valence-corrected chi connectivity index (χ0v) is 11.8. The zero-order chi connectivity index (χ0) is 13.1. The molecule has 1 fully saturated rings. The van der Waals surface area contributed by atoms with E-state index in [2.05, 4.69) is 27.9 Å². The topological polar surface area (TPSA) is 69.6 Å². The van der Waals surface area contributed by atoms with Gasteiger partial charge in [0.2, 0.25) is 0 Å². The number of anilines is 1. The summed E-state index contributed by atoms with van der Waals surface area (Å²) in [6, 6.07) is 6.34. The van der Waals surface area contributed by atoms with E-state index in [1.165, 1.54) is 4.90 Å². The van der Waals surface area contributed by atoms with Crippen molar-refractivity contribution < 1.29 is 14.7 Å². The minimum absolute atomic E-state index is 0.345. The van der Waals surface area contributed by atoms with E-state index >= 15 is 0 Å². The Hall–Kier alpha value is -1.31. The molecule has 2 amide bonds. The number of hydrogen-bond donors (Lipinski definition) is 2. The molecule has 2 rings (SSSR count). The monoisotopic (exact) mass is 360 g/mol. The summed E-state index contributed by atoms with van der Waals surface area (Å²) < 4.78 is 1.02. The molecule has 96 valence electrons. The van der Waals surface area contributed by atoms with Gasteiger partial charge in [-0.25, -0.2) is 9.59 Å². The van der Waals surface area contributed by atoms with Crippen molar-refractivity contribution in [1.29, 1.82) is 0 Å². The molecule has 2 N–H and O–H groups in total. The van der Waals surface area contributed by atoms with Gasteiger partial charge in [0.15, 0.2) is 0 Å². The molecule has 0 aliphatic carbocycles. The summed E-state index contributed by atoms with van der Waals surface area (Å²) in [7, 11) is 0. The number of carboxylic acids is 1. The standard InChI is InChI=1S/C12H13IN2O3/c13-8-3-1-4-9(7-8)14-12(18)15-6-2-5-10(15)11(16)17/h1,3-4,7,10H,2,5-6H2,(H,14,18)(H,16,17)/t10-/m1/s1. The minimum Gasteiger partial charge on any atom is -0.480 e. The largest absolute Gasteiger partial charge is 0.480 e. The Labute approximate surface area is 118 Å². The first-order chi connectivity index (χ1) is 8.58. The van der Waals surface area contributed by atoms with E-state index in [0.29, 0.717) is 18.7 Å². The summed E-state index contributed by atoms with van der Waals surface area (Å²) in [5, 5.41) is 11.7. The lowest BCUT2D eigenvalue weighted by molar-refractivity contribution is -0.141. The molecule has 0 aromatic heterocycles. The zero-order valence-electron chi connectivity index (χ0n) is 9.60. The number of carbonyl (C=O) groups excluding carboxylic acids is 1. The second-order valence-corrected chi connectivity index (χ2v) is 5.38. The number of benzene rings is 1. The molecule has 1 aromatic rings. The van der Waals surface area contributed by atoms with E-state index in [9.17, 15) is 9.59 Å². The maximum atomic E-state index is 12.0. The first-order valence-electron chi connectivity index (χ1n) is 5.64. The SMILES string of the molecule is O=C(O)[C@H]1CCCN1C(=O)Nc1cccc(I)c1. The third kappa shape index (κ3) is 2.92. The number of likely N-dealkylation sites (tertiary alicyclic amines) is 1. The molecular weight excluding hydrogens is 347 g/mol. The number of hydrogen-bond acceptors (Lipinski definition) is 2. The van der Waals surface area contributed by atoms with Gasteiger partial charge < -0.3 is 15.3 Å². The van der Waals surface area contributed by atoms with E-state index < -0.39 is 12.0 Å². The van der Waals surface area contributed by atoms with Crippen LogP contribution in [0.25, 0.3) is 0 Å². The van der Waals surface area contributed by atoms with E-state index in [1.807, 2.05) is 18.2 Å². The fourth-order valence-corrected chi connectivity index (χ4v) is 2.57. The Morgan fingerprint density at radius 3 is 2.89 bits per heavy atom. The van der Waals surface area contributed by atoms with Crippen LogP contribution in [0.4, 0.5) is 10.5 Å². The average Bonchev–Trinajstić information content (AvgIpc) is 2.77. The van der Waals surface area contributed by atoms with Gasteiger partial charge in [-0.2, -0.15) is 0 Å². The molecule has 5 nitrogen and oxygen atoms in total. The van der Waals surface area contributed by atoms with Crippen LogP contribution >= 0.6 is 22.6 Å². The van der Waals surface area contributed by atoms with Crippen LogP contribution < -0.4 is 5.32 Å². The lowest BCUT2D eigenvalue weighted by Gasteiger charge is -2.21. The molecule has 1 aliphatic rings. The molecule has 0 spiro atoms. The number of urea groups is 1. The van der Waals surface area contributed by atoms with E-state index in [0.717, 1.165) is 9.99 Å². The van der Waals surface area contributed by atoms with Crippen LogP contribution in [-0.4, -0.2) is 34.6 Å². The van der Waals surface area contributed by atoms with Gasteiger partial charge in [0.05, 0.1) is 0 Å². The van der Waals surface area contributed by atoms with Crippen molar-refractivity contribution in [3.05, 3.63) is 27.8 Å². The number of carboxylic acid groups (broad SMARTS) is 1. The first-order valence-corrected chi connectivity index (χ1v) is 6.72. The Morgan fingerprint density at radius 2 is 2.22 bits per heavy atom. The molecule has 18 heavy (non-hydrogen) atoms.